The van der Waals surface area contributed by atoms with E-state index in [1.165, 1.54) is 19.3 Å². The Bertz CT molecular complexity index is 836. The number of rotatable bonds is 4. The first-order chi connectivity index (χ1) is 13.0. The first-order valence-corrected chi connectivity index (χ1v) is 10.1. The fourth-order valence-electron chi connectivity index (χ4n) is 4.29. The molecule has 1 aliphatic carbocycles. The molecule has 1 fully saturated rings. The highest BCUT2D eigenvalue weighted by Gasteiger charge is 2.30. The number of amides is 1. The van der Waals surface area contributed by atoms with Crippen molar-refractivity contribution in [3.05, 3.63) is 29.6 Å². The lowest BCUT2D eigenvalue weighted by molar-refractivity contribution is 0.0356. The number of imidazole rings is 1. The summed E-state index contributed by atoms with van der Waals surface area (Å²) in [5, 5.41) is 12.8. The number of benzene rings is 1. The summed E-state index contributed by atoms with van der Waals surface area (Å²) in [5.74, 6) is 1.01. The lowest BCUT2D eigenvalue weighted by Gasteiger charge is -2.39. The molecule has 2 aromatic rings. The molecule has 0 atom stereocenters. The number of nitrogens with one attached hydrogen (secondary N) is 1. The number of aromatic nitrogens is 2. The molecular formula is C21H30N4O2. The zero-order valence-corrected chi connectivity index (χ0v) is 16.4. The third-order valence-electron chi connectivity index (χ3n) is 6.20. The lowest BCUT2D eigenvalue weighted by Crippen LogP contribution is -2.50. The van der Waals surface area contributed by atoms with Crippen molar-refractivity contribution in [1.29, 1.82) is 0 Å². The predicted octanol–water partition coefficient (Wildman–Crippen LogP) is 2.69. The topological polar surface area (TPSA) is 70.4 Å². The van der Waals surface area contributed by atoms with Crippen LogP contribution in [-0.2, 0) is 13.1 Å². The van der Waals surface area contributed by atoms with Crippen molar-refractivity contribution in [2.24, 2.45) is 0 Å². The summed E-state index contributed by atoms with van der Waals surface area (Å²) in [6.07, 6.45) is 5.87. The summed E-state index contributed by atoms with van der Waals surface area (Å²) in [6, 6.07) is 6.17. The van der Waals surface area contributed by atoms with Gasteiger partial charge in [-0.05, 0) is 44.9 Å². The molecule has 1 saturated carbocycles. The quantitative estimate of drug-likeness (QED) is 0.868. The van der Waals surface area contributed by atoms with Crippen molar-refractivity contribution in [2.45, 2.75) is 70.6 Å². The van der Waals surface area contributed by atoms with Gasteiger partial charge in [-0.3, -0.25) is 9.69 Å². The van der Waals surface area contributed by atoms with E-state index in [1.54, 1.807) is 0 Å². The Labute approximate surface area is 160 Å². The Morgan fingerprint density at radius 2 is 2.04 bits per heavy atom. The molecule has 2 N–H and O–H groups in total. The fourth-order valence-corrected chi connectivity index (χ4v) is 4.29. The molecule has 1 aliphatic heterocycles. The number of carbonyl (C=O) groups excluding carboxylic acids is 1. The Hall–Kier alpha value is -1.92. The summed E-state index contributed by atoms with van der Waals surface area (Å²) in [7, 11) is 0. The zero-order chi connectivity index (χ0) is 19.0. The molecule has 6 nitrogen and oxygen atoms in total. The van der Waals surface area contributed by atoms with Gasteiger partial charge in [-0.25, -0.2) is 4.98 Å². The Balaban J connectivity index is 1.55. The number of nitrogens with zero attached hydrogens (tertiary/aromatic N) is 3. The van der Waals surface area contributed by atoms with Gasteiger partial charge in [0.2, 0.25) is 0 Å². The van der Waals surface area contributed by atoms with Gasteiger partial charge in [0.05, 0.1) is 24.2 Å². The van der Waals surface area contributed by atoms with Gasteiger partial charge in [-0.1, -0.05) is 19.3 Å². The number of aliphatic hydroxyl groups is 1. The van der Waals surface area contributed by atoms with Crippen molar-refractivity contribution in [3.63, 3.8) is 0 Å². The number of carbonyl (C=O) groups is 1. The van der Waals surface area contributed by atoms with Gasteiger partial charge in [0.15, 0.2) is 0 Å². The fraction of sp³-hybridized carbons (Fsp3) is 0.619. The Kier molecular flexibility index (Phi) is 4.95. The van der Waals surface area contributed by atoms with Gasteiger partial charge < -0.3 is 15.0 Å². The Morgan fingerprint density at radius 1 is 1.26 bits per heavy atom. The summed E-state index contributed by atoms with van der Waals surface area (Å²) in [4.78, 5) is 19.7. The van der Waals surface area contributed by atoms with Crippen LogP contribution in [0.5, 0.6) is 0 Å². The number of hydrogen-bond donors (Lipinski definition) is 2. The minimum Gasteiger partial charge on any atom is -0.394 e. The van der Waals surface area contributed by atoms with E-state index in [0.717, 1.165) is 42.8 Å². The smallest absolute Gasteiger partial charge is 0.251 e. The summed E-state index contributed by atoms with van der Waals surface area (Å²) < 4.78 is 2.24. The zero-order valence-electron chi connectivity index (χ0n) is 16.4. The third kappa shape index (κ3) is 3.60. The number of aliphatic hydroxyl groups excluding tert-OH is 1. The van der Waals surface area contributed by atoms with Crippen molar-refractivity contribution in [1.82, 2.24) is 19.8 Å². The van der Waals surface area contributed by atoms with Crippen LogP contribution >= 0.6 is 0 Å². The molecule has 27 heavy (non-hydrogen) atoms. The van der Waals surface area contributed by atoms with E-state index in [-0.39, 0.29) is 18.1 Å². The van der Waals surface area contributed by atoms with Crippen LogP contribution in [0.4, 0.5) is 0 Å². The third-order valence-corrected chi connectivity index (χ3v) is 6.20. The summed E-state index contributed by atoms with van der Waals surface area (Å²) in [5.41, 5.74) is 2.40. The molecule has 2 aliphatic rings. The molecule has 4 rings (SSSR count). The predicted molar refractivity (Wildman–Crippen MR) is 106 cm³/mol. The second-order valence-corrected chi connectivity index (χ2v) is 8.58. The second kappa shape index (κ2) is 7.24. The van der Waals surface area contributed by atoms with Gasteiger partial charge in [0, 0.05) is 30.2 Å². The average molecular weight is 370 g/mol. The van der Waals surface area contributed by atoms with Crippen LogP contribution in [0.2, 0.25) is 0 Å². The first-order valence-electron chi connectivity index (χ1n) is 10.1. The van der Waals surface area contributed by atoms with Crippen LogP contribution in [0.25, 0.3) is 11.0 Å². The van der Waals surface area contributed by atoms with Crippen LogP contribution in [0.3, 0.4) is 0 Å². The summed E-state index contributed by atoms with van der Waals surface area (Å²) in [6.45, 7) is 6.68. The number of fused-ring (bicyclic) bond motifs is 3. The van der Waals surface area contributed by atoms with Gasteiger partial charge in [-0.15, -0.1) is 0 Å². The van der Waals surface area contributed by atoms with Gasteiger partial charge >= 0.3 is 0 Å². The normalized spacial score (nSPS) is 19.2. The van der Waals surface area contributed by atoms with E-state index in [9.17, 15) is 9.90 Å². The maximum absolute atomic E-state index is 12.6. The Morgan fingerprint density at radius 3 is 2.78 bits per heavy atom. The summed E-state index contributed by atoms with van der Waals surface area (Å²) >= 11 is 0. The van der Waals surface area contributed by atoms with E-state index in [0.29, 0.717) is 18.2 Å². The van der Waals surface area contributed by atoms with Crippen LogP contribution in [-0.4, -0.2) is 50.2 Å². The largest absolute Gasteiger partial charge is 0.394 e. The molecule has 146 valence electrons. The van der Waals surface area contributed by atoms with Crippen molar-refractivity contribution in [2.75, 3.05) is 13.2 Å². The molecule has 1 amide bonds. The average Bonchev–Trinajstić information content (AvgIpc) is 3.05. The highest BCUT2D eigenvalue weighted by Crippen LogP contribution is 2.26. The molecule has 1 aromatic heterocycles. The monoisotopic (exact) mass is 370 g/mol. The van der Waals surface area contributed by atoms with E-state index < -0.39 is 0 Å². The highest BCUT2D eigenvalue weighted by atomic mass is 16.3. The molecular weight excluding hydrogens is 340 g/mol. The number of hydrogen-bond acceptors (Lipinski definition) is 4. The van der Waals surface area contributed by atoms with Crippen molar-refractivity contribution in [3.8, 4) is 0 Å². The van der Waals surface area contributed by atoms with Gasteiger partial charge in [0.25, 0.3) is 5.91 Å². The molecule has 0 saturated heterocycles. The standard InChI is InChI=1S/C21H30N4O2/c1-21(2,14-26)24-10-11-25-18-9-8-15(12-17(18)23-19(25)13-24)20(27)22-16-6-4-3-5-7-16/h8-9,12,16,26H,3-7,10-11,13-14H2,1-2H3,(H,22,27). The van der Waals surface area contributed by atoms with E-state index in [1.807, 2.05) is 18.2 Å². The maximum Gasteiger partial charge on any atom is 0.251 e. The maximum atomic E-state index is 12.6. The molecule has 0 unspecified atom stereocenters. The minimum atomic E-state index is -0.256. The molecule has 6 heteroatoms. The second-order valence-electron chi connectivity index (χ2n) is 8.58. The first kappa shape index (κ1) is 18.4. The van der Waals surface area contributed by atoms with Crippen LogP contribution < -0.4 is 5.32 Å². The molecule has 1 aromatic carbocycles. The van der Waals surface area contributed by atoms with E-state index >= 15 is 0 Å². The van der Waals surface area contributed by atoms with Crippen LogP contribution in [0.15, 0.2) is 18.2 Å². The molecule has 2 heterocycles. The molecule has 0 radical (unpaired) electrons. The van der Waals surface area contributed by atoms with Crippen LogP contribution in [0, 0.1) is 0 Å². The minimum absolute atomic E-state index is 0.0119. The van der Waals surface area contributed by atoms with E-state index in [4.69, 9.17) is 4.98 Å². The SMILES string of the molecule is CC(C)(CO)N1CCn2c(nc3cc(C(=O)NC4CCCCC4)ccc32)C1. The van der Waals surface area contributed by atoms with Gasteiger partial charge in [0.1, 0.15) is 5.82 Å². The molecule has 0 spiro atoms. The lowest BCUT2D eigenvalue weighted by atomic mass is 9.95. The van der Waals surface area contributed by atoms with Crippen molar-refractivity contribution < 1.29 is 9.90 Å². The van der Waals surface area contributed by atoms with Gasteiger partial charge in [-0.2, -0.15) is 0 Å². The highest BCUT2D eigenvalue weighted by molar-refractivity contribution is 5.97. The van der Waals surface area contributed by atoms with E-state index in [2.05, 4.69) is 28.6 Å². The van der Waals surface area contributed by atoms with Crippen molar-refractivity contribution >= 4 is 16.9 Å². The molecule has 0 bridgehead atoms. The van der Waals surface area contributed by atoms with Crippen LogP contribution in [0.1, 0.15) is 62.1 Å².